The number of anilines is 1. The third-order valence-electron chi connectivity index (χ3n) is 3.32. The minimum atomic E-state index is -4.45. The van der Waals surface area contributed by atoms with Crippen molar-refractivity contribution in [1.29, 1.82) is 0 Å². The average molecular weight is 362 g/mol. The predicted octanol–water partition coefficient (Wildman–Crippen LogP) is 2.91. The first-order chi connectivity index (χ1) is 9.93. The number of alkyl halides is 3. The van der Waals surface area contributed by atoms with E-state index in [1.165, 1.54) is 0 Å². The molecule has 0 amide bonds. The van der Waals surface area contributed by atoms with E-state index in [0.717, 1.165) is 23.2 Å². The molecule has 1 fully saturated rings. The fraction of sp³-hybridized carbons (Fsp3) is 0.417. The maximum atomic E-state index is 12.7. The Labute approximate surface area is 126 Å². The van der Waals surface area contributed by atoms with E-state index in [4.69, 9.17) is 0 Å². The molecule has 21 heavy (non-hydrogen) atoms. The average Bonchev–Trinajstić information content (AvgIpc) is 3.06. The molecule has 0 saturated carbocycles. The Hall–Kier alpha value is -1.64. The lowest BCUT2D eigenvalue weighted by molar-refractivity contribution is -0.141. The summed E-state index contributed by atoms with van der Waals surface area (Å²) in [6, 6.07) is 0.983. The molecule has 1 aliphatic rings. The molecule has 9 heteroatoms. The van der Waals surface area contributed by atoms with Crippen molar-refractivity contribution in [3.05, 3.63) is 34.8 Å². The molecule has 1 unspecified atom stereocenters. The van der Waals surface area contributed by atoms with Gasteiger partial charge in [0.15, 0.2) is 0 Å². The van der Waals surface area contributed by atoms with Crippen LogP contribution in [0, 0.1) is 0 Å². The second-order valence-corrected chi connectivity index (χ2v) is 5.68. The Balaban J connectivity index is 1.77. The van der Waals surface area contributed by atoms with Gasteiger partial charge < -0.3 is 4.90 Å². The third kappa shape index (κ3) is 3.02. The van der Waals surface area contributed by atoms with E-state index in [-0.39, 0.29) is 12.0 Å². The van der Waals surface area contributed by atoms with Crippen molar-refractivity contribution in [3.63, 3.8) is 0 Å². The van der Waals surface area contributed by atoms with Crippen LogP contribution < -0.4 is 4.90 Å². The van der Waals surface area contributed by atoms with E-state index < -0.39 is 11.9 Å². The second kappa shape index (κ2) is 5.28. The molecule has 0 aromatic carbocycles. The van der Waals surface area contributed by atoms with Gasteiger partial charge in [0.25, 0.3) is 0 Å². The summed E-state index contributed by atoms with van der Waals surface area (Å²) in [7, 11) is 0. The highest BCUT2D eigenvalue weighted by atomic mass is 79.9. The van der Waals surface area contributed by atoms with Gasteiger partial charge in [-0.1, -0.05) is 0 Å². The number of halogens is 4. The zero-order valence-electron chi connectivity index (χ0n) is 10.8. The lowest BCUT2D eigenvalue weighted by atomic mass is 10.3. The first kappa shape index (κ1) is 14.3. The van der Waals surface area contributed by atoms with E-state index in [1.807, 2.05) is 6.20 Å². The molecule has 3 heterocycles. The van der Waals surface area contributed by atoms with Gasteiger partial charge in [0, 0.05) is 25.5 Å². The van der Waals surface area contributed by atoms with Gasteiger partial charge >= 0.3 is 6.18 Å². The standard InChI is InChI=1S/C12H11BrF3N5/c13-8-5-18-21(6-8)9-2-4-20(7-9)11-17-3-1-10(19-11)12(14,15)16/h1,3,5-6,9H,2,4,7H2. The lowest BCUT2D eigenvalue weighted by Crippen LogP contribution is -2.24. The zero-order chi connectivity index (χ0) is 15.0. The zero-order valence-corrected chi connectivity index (χ0v) is 12.3. The fourth-order valence-electron chi connectivity index (χ4n) is 2.31. The quantitative estimate of drug-likeness (QED) is 0.824. The summed E-state index contributed by atoms with van der Waals surface area (Å²) in [5.41, 5.74) is -0.919. The van der Waals surface area contributed by atoms with E-state index in [9.17, 15) is 13.2 Å². The van der Waals surface area contributed by atoms with Crippen molar-refractivity contribution in [3.8, 4) is 0 Å². The number of aromatic nitrogens is 4. The molecule has 3 rings (SSSR count). The Morgan fingerprint density at radius 1 is 1.33 bits per heavy atom. The monoisotopic (exact) mass is 361 g/mol. The lowest BCUT2D eigenvalue weighted by Gasteiger charge is -2.17. The highest BCUT2D eigenvalue weighted by Crippen LogP contribution is 2.30. The van der Waals surface area contributed by atoms with Crippen LogP contribution in [0.1, 0.15) is 18.2 Å². The summed E-state index contributed by atoms with van der Waals surface area (Å²) in [5, 5.41) is 4.21. The highest BCUT2D eigenvalue weighted by molar-refractivity contribution is 9.10. The number of hydrogen-bond acceptors (Lipinski definition) is 4. The third-order valence-corrected chi connectivity index (χ3v) is 3.73. The van der Waals surface area contributed by atoms with Crippen LogP contribution in [-0.4, -0.2) is 32.8 Å². The normalized spacial score (nSPS) is 19.2. The maximum Gasteiger partial charge on any atom is 0.433 e. The molecular formula is C12H11BrF3N5. The maximum absolute atomic E-state index is 12.7. The molecule has 2 aromatic heterocycles. The molecule has 1 aliphatic heterocycles. The van der Waals surface area contributed by atoms with Crippen molar-refractivity contribution in [2.45, 2.75) is 18.6 Å². The number of rotatable bonds is 2. The van der Waals surface area contributed by atoms with Crippen LogP contribution in [0.15, 0.2) is 29.1 Å². The highest BCUT2D eigenvalue weighted by Gasteiger charge is 2.34. The molecule has 1 saturated heterocycles. The topological polar surface area (TPSA) is 46.8 Å². The minimum absolute atomic E-state index is 0.106. The SMILES string of the molecule is FC(F)(F)c1ccnc(N2CCC(n3cc(Br)cn3)C2)n1. The Bertz CT molecular complexity index is 642. The molecule has 1 atom stereocenters. The van der Waals surface area contributed by atoms with E-state index in [2.05, 4.69) is 31.0 Å². The summed E-state index contributed by atoms with van der Waals surface area (Å²) in [6.07, 6.45) is 1.00. The summed E-state index contributed by atoms with van der Waals surface area (Å²) in [6.45, 7) is 1.14. The molecule has 0 bridgehead atoms. The summed E-state index contributed by atoms with van der Waals surface area (Å²) >= 11 is 3.32. The van der Waals surface area contributed by atoms with E-state index >= 15 is 0 Å². The Morgan fingerprint density at radius 3 is 2.81 bits per heavy atom. The van der Waals surface area contributed by atoms with Crippen LogP contribution in [0.2, 0.25) is 0 Å². The van der Waals surface area contributed by atoms with Crippen molar-refractivity contribution < 1.29 is 13.2 Å². The van der Waals surface area contributed by atoms with Crippen molar-refractivity contribution in [2.75, 3.05) is 18.0 Å². The van der Waals surface area contributed by atoms with Gasteiger partial charge in [-0.15, -0.1) is 0 Å². The molecule has 0 radical (unpaired) electrons. The summed E-state index contributed by atoms with van der Waals surface area (Å²) in [5.74, 6) is 0.110. The van der Waals surface area contributed by atoms with E-state index in [0.29, 0.717) is 13.1 Å². The molecule has 0 spiro atoms. The molecule has 0 aliphatic carbocycles. The number of hydrogen-bond donors (Lipinski definition) is 0. The fourth-order valence-corrected chi connectivity index (χ4v) is 2.61. The molecule has 112 valence electrons. The molecule has 0 N–H and O–H groups in total. The van der Waals surface area contributed by atoms with Crippen LogP contribution in [0.3, 0.4) is 0 Å². The Kier molecular flexibility index (Phi) is 3.60. The van der Waals surface area contributed by atoms with E-state index in [1.54, 1.807) is 15.8 Å². The van der Waals surface area contributed by atoms with Gasteiger partial charge in [-0.05, 0) is 28.4 Å². The summed E-state index contributed by atoms with van der Waals surface area (Å²) < 4.78 is 40.7. The second-order valence-electron chi connectivity index (χ2n) is 4.77. The van der Waals surface area contributed by atoms with Gasteiger partial charge in [-0.2, -0.15) is 18.3 Å². The molecular weight excluding hydrogens is 351 g/mol. The van der Waals surface area contributed by atoms with Gasteiger partial charge in [-0.25, -0.2) is 9.97 Å². The first-order valence-electron chi connectivity index (χ1n) is 6.28. The van der Waals surface area contributed by atoms with Gasteiger partial charge in [-0.3, -0.25) is 4.68 Å². The minimum Gasteiger partial charge on any atom is -0.339 e. The Morgan fingerprint density at radius 2 is 2.14 bits per heavy atom. The predicted molar refractivity (Wildman–Crippen MR) is 72.8 cm³/mol. The van der Waals surface area contributed by atoms with Gasteiger partial charge in [0.05, 0.1) is 16.7 Å². The van der Waals surface area contributed by atoms with Crippen molar-refractivity contribution in [1.82, 2.24) is 19.7 Å². The van der Waals surface area contributed by atoms with Crippen LogP contribution >= 0.6 is 15.9 Å². The summed E-state index contributed by atoms with van der Waals surface area (Å²) in [4.78, 5) is 9.30. The molecule has 2 aromatic rings. The van der Waals surface area contributed by atoms with Crippen LogP contribution in [0.4, 0.5) is 19.1 Å². The van der Waals surface area contributed by atoms with Crippen molar-refractivity contribution in [2.24, 2.45) is 0 Å². The van der Waals surface area contributed by atoms with Crippen molar-refractivity contribution >= 4 is 21.9 Å². The molecule has 5 nitrogen and oxygen atoms in total. The first-order valence-corrected chi connectivity index (χ1v) is 7.07. The smallest absolute Gasteiger partial charge is 0.339 e. The van der Waals surface area contributed by atoms with Crippen LogP contribution in [0.25, 0.3) is 0 Å². The van der Waals surface area contributed by atoms with Gasteiger partial charge in [0.1, 0.15) is 5.69 Å². The van der Waals surface area contributed by atoms with Crippen LogP contribution in [-0.2, 0) is 6.18 Å². The number of nitrogens with zero attached hydrogens (tertiary/aromatic N) is 5. The van der Waals surface area contributed by atoms with Crippen LogP contribution in [0.5, 0.6) is 0 Å². The largest absolute Gasteiger partial charge is 0.433 e. The van der Waals surface area contributed by atoms with Gasteiger partial charge in [0.2, 0.25) is 5.95 Å².